The van der Waals surface area contributed by atoms with Crippen LogP contribution in [0.3, 0.4) is 0 Å². The van der Waals surface area contributed by atoms with Crippen LogP contribution in [0.5, 0.6) is 5.75 Å². The molecule has 146 valence electrons. The van der Waals surface area contributed by atoms with E-state index in [0.29, 0.717) is 0 Å². The van der Waals surface area contributed by atoms with Crippen molar-refractivity contribution >= 4 is 5.71 Å². The summed E-state index contributed by atoms with van der Waals surface area (Å²) >= 11 is 0. The lowest BCUT2D eigenvalue weighted by molar-refractivity contribution is -0.0582. The molecule has 0 saturated heterocycles. The first kappa shape index (κ1) is 20.7. The first-order valence-electron chi connectivity index (χ1n) is 7.43. The predicted molar refractivity (Wildman–Crippen MR) is 80.1 cm³/mol. The van der Waals surface area contributed by atoms with E-state index in [2.05, 4.69) is 4.99 Å². The molecule has 0 atom stereocenters. The summed E-state index contributed by atoms with van der Waals surface area (Å²) in [6.07, 6.45) is -5.03. The van der Waals surface area contributed by atoms with E-state index in [9.17, 15) is 35.1 Å². The second kappa shape index (κ2) is 7.93. The Hall–Kier alpha value is -2.65. The van der Waals surface area contributed by atoms with Crippen molar-refractivity contribution in [3.63, 3.8) is 0 Å². The third-order valence-corrected chi connectivity index (χ3v) is 3.40. The molecule has 0 unspecified atom stereocenters. The summed E-state index contributed by atoms with van der Waals surface area (Å²) in [6, 6.07) is 4.46. The normalized spacial score (nSPS) is 12.4. The molecule has 0 saturated carbocycles. The zero-order chi connectivity index (χ0) is 20.4. The highest BCUT2D eigenvalue weighted by Crippen LogP contribution is 2.27. The smallest absolute Gasteiger partial charge is 0.433 e. The first-order chi connectivity index (χ1) is 12.6. The topological polar surface area (TPSA) is 21.6 Å². The Labute approximate surface area is 148 Å². The molecule has 0 radical (unpaired) electrons. The number of benzene rings is 2. The summed E-state index contributed by atoms with van der Waals surface area (Å²) in [5.74, 6) is -11.1. The van der Waals surface area contributed by atoms with E-state index in [1.807, 2.05) is 0 Å². The lowest BCUT2D eigenvalue weighted by atomic mass is 10.1. The van der Waals surface area contributed by atoms with Crippen molar-refractivity contribution in [2.45, 2.75) is 19.6 Å². The van der Waals surface area contributed by atoms with E-state index in [1.165, 1.54) is 12.1 Å². The average Bonchev–Trinajstić information content (AvgIpc) is 2.61. The van der Waals surface area contributed by atoms with Crippen LogP contribution >= 0.6 is 0 Å². The summed E-state index contributed by atoms with van der Waals surface area (Å²) in [7, 11) is 0. The van der Waals surface area contributed by atoms with Gasteiger partial charge in [-0.1, -0.05) is 0 Å². The third-order valence-electron chi connectivity index (χ3n) is 3.40. The van der Waals surface area contributed by atoms with Crippen molar-refractivity contribution < 1.29 is 39.9 Å². The van der Waals surface area contributed by atoms with Crippen LogP contribution in [0.1, 0.15) is 18.1 Å². The van der Waals surface area contributed by atoms with Crippen LogP contribution in [0, 0.1) is 29.1 Å². The van der Waals surface area contributed by atoms with Gasteiger partial charge in [0.1, 0.15) is 11.5 Å². The van der Waals surface area contributed by atoms with Crippen LogP contribution in [-0.4, -0.2) is 18.5 Å². The molecule has 0 fully saturated rings. The van der Waals surface area contributed by atoms with Crippen LogP contribution in [0.4, 0.5) is 35.1 Å². The van der Waals surface area contributed by atoms with Gasteiger partial charge in [0.15, 0.2) is 23.3 Å². The van der Waals surface area contributed by atoms with Gasteiger partial charge in [0.05, 0.1) is 18.7 Å². The van der Waals surface area contributed by atoms with Crippen molar-refractivity contribution in [2.24, 2.45) is 4.99 Å². The number of ether oxygens (including phenoxy) is 1. The van der Waals surface area contributed by atoms with Gasteiger partial charge < -0.3 is 4.74 Å². The average molecular weight is 397 g/mol. The van der Waals surface area contributed by atoms with E-state index in [-0.39, 0.29) is 12.4 Å². The molecule has 0 aliphatic carbocycles. The van der Waals surface area contributed by atoms with E-state index in [1.54, 1.807) is 6.92 Å². The first-order valence-corrected chi connectivity index (χ1v) is 7.43. The van der Waals surface area contributed by atoms with Gasteiger partial charge in [-0.05, 0) is 31.2 Å². The van der Waals surface area contributed by atoms with Gasteiger partial charge in [0.2, 0.25) is 5.82 Å². The van der Waals surface area contributed by atoms with Gasteiger partial charge in [-0.25, -0.2) is 22.0 Å². The Bertz CT molecular complexity index is 830. The molecule has 27 heavy (non-hydrogen) atoms. The molecular formula is C17H11F8NO. The van der Waals surface area contributed by atoms with E-state index in [0.717, 1.165) is 12.1 Å². The second-order valence-corrected chi connectivity index (χ2v) is 5.17. The zero-order valence-electron chi connectivity index (χ0n) is 13.6. The summed E-state index contributed by atoms with van der Waals surface area (Å²) in [6.45, 7) is 0.550. The van der Waals surface area contributed by atoms with E-state index < -0.39 is 58.6 Å². The number of hydrogen-bond donors (Lipinski definition) is 0. The fourth-order valence-electron chi connectivity index (χ4n) is 2.17. The molecule has 2 nitrogen and oxygen atoms in total. The van der Waals surface area contributed by atoms with Gasteiger partial charge in [0, 0.05) is 5.56 Å². The summed E-state index contributed by atoms with van der Waals surface area (Å²) in [5, 5.41) is 0. The van der Waals surface area contributed by atoms with Crippen molar-refractivity contribution in [1.29, 1.82) is 0 Å². The maximum atomic E-state index is 13.6. The van der Waals surface area contributed by atoms with Crippen molar-refractivity contribution in [3.05, 3.63) is 64.5 Å². The molecule has 0 aliphatic heterocycles. The molecule has 2 aromatic rings. The maximum absolute atomic E-state index is 13.6. The van der Waals surface area contributed by atoms with Crippen LogP contribution in [-0.2, 0) is 6.54 Å². The largest absolute Gasteiger partial charge is 0.494 e. The van der Waals surface area contributed by atoms with Gasteiger partial charge in [-0.2, -0.15) is 13.2 Å². The Morgan fingerprint density at radius 2 is 1.33 bits per heavy atom. The highest BCUT2D eigenvalue weighted by molar-refractivity contribution is 6.04. The predicted octanol–water partition coefficient (Wildman–Crippen LogP) is 5.33. The van der Waals surface area contributed by atoms with Crippen molar-refractivity contribution in [2.75, 3.05) is 6.61 Å². The molecule has 0 bridgehead atoms. The summed E-state index contributed by atoms with van der Waals surface area (Å²) in [4.78, 5) is 3.06. The summed E-state index contributed by atoms with van der Waals surface area (Å²) in [5.41, 5.74) is -3.46. The molecule has 0 heterocycles. The minimum absolute atomic E-state index is 0.278. The monoisotopic (exact) mass is 397 g/mol. The molecule has 2 rings (SSSR count). The Morgan fingerprint density at radius 1 is 0.852 bits per heavy atom. The van der Waals surface area contributed by atoms with E-state index in [4.69, 9.17) is 4.74 Å². The minimum Gasteiger partial charge on any atom is -0.494 e. The molecule has 0 amide bonds. The fraction of sp³-hybridized carbons (Fsp3) is 0.235. The van der Waals surface area contributed by atoms with Gasteiger partial charge in [-0.15, -0.1) is 0 Å². The number of hydrogen-bond acceptors (Lipinski definition) is 2. The van der Waals surface area contributed by atoms with Crippen LogP contribution in [0.25, 0.3) is 0 Å². The quantitative estimate of drug-likeness (QED) is 0.289. The standard InChI is InChI=1S/C17H11F8NO/c1-2-27-9-5-3-8(4-6-9)16(17(23,24)25)26-7-10-11(18)13(20)15(22)14(21)12(10)19/h3-6H,2,7H2,1H3. The number of alkyl halides is 3. The molecule has 0 aromatic heterocycles. The van der Waals surface area contributed by atoms with Gasteiger partial charge >= 0.3 is 6.18 Å². The Morgan fingerprint density at radius 3 is 1.78 bits per heavy atom. The highest BCUT2D eigenvalue weighted by atomic mass is 19.4. The molecule has 0 N–H and O–H groups in total. The maximum Gasteiger partial charge on any atom is 0.433 e. The van der Waals surface area contributed by atoms with Gasteiger partial charge in [0.25, 0.3) is 0 Å². The SMILES string of the molecule is CCOc1ccc(C(=NCc2c(F)c(F)c(F)c(F)c2F)C(F)(F)F)cc1. The molecule has 0 spiro atoms. The number of nitrogens with zero attached hydrogens (tertiary/aromatic N) is 1. The lowest BCUT2D eigenvalue weighted by Gasteiger charge is -2.13. The minimum atomic E-state index is -5.03. The third kappa shape index (κ3) is 4.37. The molecule has 0 aliphatic rings. The van der Waals surface area contributed by atoms with E-state index >= 15 is 0 Å². The van der Waals surface area contributed by atoms with Crippen molar-refractivity contribution in [1.82, 2.24) is 0 Å². The lowest BCUT2D eigenvalue weighted by Crippen LogP contribution is -2.24. The van der Waals surface area contributed by atoms with Crippen molar-refractivity contribution in [3.8, 4) is 5.75 Å². The Balaban J connectivity index is 2.47. The number of rotatable bonds is 5. The number of aliphatic imine (C=N–C) groups is 1. The van der Waals surface area contributed by atoms with Crippen LogP contribution in [0.2, 0.25) is 0 Å². The highest BCUT2D eigenvalue weighted by Gasteiger charge is 2.37. The number of halogens is 8. The Kier molecular flexibility index (Phi) is 6.07. The second-order valence-electron chi connectivity index (χ2n) is 5.17. The van der Waals surface area contributed by atoms with Crippen LogP contribution in [0.15, 0.2) is 29.3 Å². The molecular weight excluding hydrogens is 386 g/mol. The summed E-state index contributed by atoms with van der Waals surface area (Å²) < 4.78 is 111. The molecule has 2 aromatic carbocycles. The van der Waals surface area contributed by atoms with Gasteiger partial charge in [-0.3, -0.25) is 4.99 Å². The van der Waals surface area contributed by atoms with Crippen LogP contribution < -0.4 is 4.74 Å². The molecule has 10 heteroatoms. The zero-order valence-corrected chi connectivity index (χ0v) is 13.6. The fourth-order valence-corrected chi connectivity index (χ4v) is 2.17.